The van der Waals surface area contributed by atoms with Crippen molar-refractivity contribution in [3.05, 3.63) is 0 Å². The van der Waals surface area contributed by atoms with Crippen molar-refractivity contribution < 1.29 is 23.9 Å². The first-order chi connectivity index (χ1) is 2.00. The van der Waals surface area contributed by atoms with Crippen LogP contribution < -0.4 is 0 Å². The molecule has 4 nitrogen and oxygen atoms in total. The third-order valence-electron chi connectivity index (χ3n) is 0. The van der Waals surface area contributed by atoms with Crippen LogP contribution in [0.2, 0.25) is 0 Å². The zero-order valence-electron chi connectivity index (χ0n) is 2.61. The SMILES string of the molecule is F.O=P(O)(O)O.[CaH2].[CaH2].[CaH2].[CaH2]. The van der Waals surface area contributed by atoms with Crippen LogP contribution in [0.15, 0.2) is 0 Å². The van der Waals surface area contributed by atoms with Crippen LogP contribution in [0.3, 0.4) is 0 Å². The Labute approximate surface area is 177 Å². The van der Waals surface area contributed by atoms with E-state index in [0.29, 0.717) is 0 Å². The van der Waals surface area contributed by atoms with E-state index < -0.39 is 7.82 Å². The molecule has 0 aliphatic rings. The molecule has 0 aliphatic heterocycles. The van der Waals surface area contributed by atoms with Gasteiger partial charge in [-0.2, -0.15) is 0 Å². The Balaban J connectivity index is -0.00000000800. The van der Waals surface area contributed by atoms with Crippen LogP contribution in [0.5, 0.6) is 0 Å². The molecule has 0 radical (unpaired) electrons. The quantitative estimate of drug-likeness (QED) is 0.310. The van der Waals surface area contributed by atoms with Gasteiger partial charge in [-0.1, -0.05) is 0 Å². The van der Waals surface area contributed by atoms with Crippen molar-refractivity contribution in [2.24, 2.45) is 0 Å². The standard InChI is InChI=1S/4Ca.FH.H3O4P.8H/c;;;;;1-5(2,3)4;;;;;;;;/h;;;;1H;(H3,1,2,3,4);;;;;;;;. The van der Waals surface area contributed by atoms with Crippen LogP contribution in [0.4, 0.5) is 4.70 Å². The second kappa shape index (κ2) is 19.6. The molecule has 0 saturated carbocycles. The molecule has 10 heavy (non-hydrogen) atoms. The summed E-state index contributed by atoms with van der Waals surface area (Å²) in [5.74, 6) is 0. The van der Waals surface area contributed by atoms with E-state index in [1.165, 1.54) is 0 Å². The van der Waals surface area contributed by atoms with Crippen molar-refractivity contribution in [2.45, 2.75) is 0 Å². The molecule has 0 atom stereocenters. The summed E-state index contributed by atoms with van der Waals surface area (Å²) in [6.07, 6.45) is 0. The predicted molar refractivity (Wildman–Crippen MR) is 50.9 cm³/mol. The molecule has 0 saturated heterocycles. The second-order valence-electron chi connectivity index (χ2n) is 0.513. The van der Waals surface area contributed by atoms with Gasteiger partial charge in [0.25, 0.3) is 0 Å². The van der Waals surface area contributed by atoms with Crippen molar-refractivity contribution >= 4 is 159 Å². The van der Waals surface area contributed by atoms with Gasteiger partial charge >= 0.3 is 159 Å². The van der Waals surface area contributed by atoms with Crippen LogP contribution >= 0.6 is 7.82 Å². The van der Waals surface area contributed by atoms with Gasteiger partial charge < -0.3 is 14.7 Å². The maximum absolute atomic E-state index is 8.88. The van der Waals surface area contributed by atoms with Crippen LogP contribution in [-0.2, 0) is 4.57 Å². The molecule has 0 aromatic heterocycles. The molecule has 0 spiro atoms. The molecule has 10 heteroatoms. The fourth-order valence-electron chi connectivity index (χ4n) is 0. The van der Waals surface area contributed by atoms with Crippen molar-refractivity contribution in [2.75, 3.05) is 0 Å². The molecule has 0 bridgehead atoms. The van der Waals surface area contributed by atoms with Gasteiger partial charge in [0.2, 0.25) is 0 Å². The van der Waals surface area contributed by atoms with Crippen LogP contribution in [0.25, 0.3) is 0 Å². The number of hydrogen-bond acceptors (Lipinski definition) is 1. The predicted octanol–water partition coefficient (Wildman–Crippen LogP) is -4.44. The third-order valence-corrected chi connectivity index (χ3v) is 0. The molecule has 56 valence electrons. The fourth-order valence-corrected chi connectivity index (χ4v) is 0. The molecule has 0 rings (SSSR count). The molecule has 0 heterocycles. The molecular formula is H12Ca4FO4P. The topological polar surface area (TPSA) is 77.8 Å². The molecule has 0 amide bonds. The average molecular weight is 286 g/mol. The molecule has 0 fully saturated rings. The summed E-state index contributed by atoms with van der Waals surface area (Å²) in [6, 6.07) is 0. The van der Waals surface area contributed by atoms with Crippen molar-refractivity contribution in [3.8, 4) is 0 Å². The molecule has 0 aromatic carbocycles. The van der Waals surface area contributed by atoms with Crippen molar-refractivity contribution in [1.29, 1.82) is 0 Å². The molecule has 0 aromatic rings. The van der Waals surface area contributed by atoms with Gasteiger partial charge in [0, 0.05) is 0 Å². The summed E-state index contributed by atoms with van der Waals surface area (Å²) in [7, 11) is -4.64. The first kappa shape index (κ1) is 36.3. The first-order valence-corrected chi connectivity index (χ1v) is 2.35. The Kier molecular flexibility index (Phi) is 71.1. The van der Waals surface area contributed by atoms with Gasteiger partial charge in [-0.05, 0) is 0 Å². The Morgan fingerprint density at radius 2 is 0.800 bits per heavy atom. The summed E-state index contributed by atoms with van der Waals surface area (Å²) >= 11 is 0. The van der Waals surface area contributed by atoms with E-state index >= 15 is 0 Å². The van der Waals surface area contributed by atoms with Crippen LogP contribution in [0, 0.1) is 0 Å². The van der Waals surface area contributed by atoms with E-state index in [-0.39, 0.29) is 156 Å². The molecule has 0 aliphatic carbocycles. The van der Waals surface area contributed by atoms with Gasteiger partial charge in [-0.15, -0.1) is 0 Å². The molecule has 0 unspecified atom stereocenters. The number of phosphoric acid groups is 1. The Hall–Kier alpha value is 5.08. The van der Waals surface area contributed by atoms with E-state index in [4.69, 9.17) is 19.2 Å². The zero-order chi connectivity index (χ0) is 4.50. The Morgan fingerprint density at radius 1 is 0.800 bits per heavy atom. The Morgan fingerprint density at radius 3 is 0.800 bits per heavy atom. The third kappa shape index (κ3) is 74.0. The number of rotatable bonds is 0. The number of hydrogen-bond donors (Lipinski definition) is 3. The summed E-state index contributed by atoms with van der Waals surface area (Å²) in [5, 5.41) is 0. The van der Waals surface area contributed by atoms with Gasteiger partial charge in [-0.25, -0.2) is 4.57 Å². The van der Waals surface area contributed by atoms with Gasteiger partial charge in [-0.3, -0.25) is 4.70 Å². The zero-order valence-corrected chi connectivity index (χ0v) is 3.50. The minimum atomic E-state index is -4.64. The summed E-state index contributed by atoms with van der Waals surface area (Å²) in [4.78, 5) is 21.6. The fraction of sp³-hybridized carbons (Fsp3) is 0. The monoisotopic (exact) mass is 286 g/mol. The van der Waals surface area contributed by atoms with E-state index in [0.717, 1.165) is 0 Å². The van der Waals surface area contributed by atoms with Gasteiger partial charge in [0.1, 0.15) is 0 Å². The van der Waals surface area contributed by atoms with Crippen molar-refractivity contribution in [1.82, 2.24) is 0 Å². The number of halogens is 1. The van der Waals surface area contributed by atoms with Gasteiger partial charge in [0.05, 0.1) is 0 Å². The van der Waals surface area contributed by atoms with E-state index in [1.807, 2.05) is 0 Å². The maximum atomic E-state index is 8.88. The average Bonchev–Trinajstić information content (AvgIpc) is 0.722. The first-order valence-electron chi connectivity index (χ1n) is 0.783. The van der Waals surface area contributed by atoms with Crippen LogP contribution in [-0.4, -0.2) is 166 Å². The second-order valence-corrected chi connectivity index (χ2v) is 1.54. The van der Waals surface area contributed by atoms with E-state index in [1.54, 1.807) is 0 Å². The molecule has 3 N–H and O–H groups in total. The van der Waals surface area contributed by atoms with E-state index in [2.05, 4.69) is 0 Å². The van der Waals surface area contributed by atoms with Gasteiger partial charge in [0.15, 0.2) is 0 Å². The Bertz CT molecular complexity index is 63.4. The molecular weight excluding hydrogens is 274 g/mol. The van der Waals surface area contributed by atoms with Crippen molar-refractivity contribution in [3.63, 3.8) is 0 Å². The summed E-state index contributed by atoms with van der Waals surface area (Å²) in [5.41, 5.74) is 0. The summed E-state index contributed by atoms with van der Waals surface area (Å²) in [6.45, 7) is 0. The minimum absolute atomic E-state index is 0. The van der Waals surface area contributed by atoms with Crippen LogP contribution in [0.1, 0.15) is 0 Å². The normalized spacial score (nSPS) is 5.90. The summed E-state index contributed by atoms with van der Waals surface area (Å²) < 4.78 is 8.88. The van der Waals surface area contributed by atoms with E-state index in [9.17, 15) is 0 Å².